The molecule has 0 aromatic heterocycles. The molecule has 0 saturated heterocycles. The Morgan fingerprint density at radius 1 is 1.07 bits per heavy atom. The van der Waals surface area contributed by atoms with Crippen molar-refractivity contribution in [1.82, 2.24) is 5.32 Å². The standard InChI is InChI=1S/C19H23FN2O6S/c1-26-16-8-9-17(18(12-16)27-2)22(29(3,24)25)13-19(23)21-10-11-28-15-6-4-14(20)5-7-15/h4-9,12H,10-11,13H2,1-3H3,(H,21,23). The third-order valence-electron chi connectivity index (χ3n) is 3.85. The molecule has 0 atom stereocenters. The SMILES string of the molecule is COc1ccc(N(CC(=O)NCCOc2ccc(F)cc2)S(C)(=O)=O)c(OC)c1. The van der Waals surface area contributed by atoms with Gasteiger partial charge in [-0.15, -0.1) is 0 Å². The van der Waals surface area contributed by atoms with E-state index in [4.69, 9.17) is 14.2 Å². The highest BCUT2D eigenvalue weighted by Gasteiger charge is 2.24. The summed E-state index contributed by atoms with van der Waals surface area (Å²) in [6.07, 6.45) is 1.00. The van der Waals surface area contributed by atoms with Crippen LogP contribution in [0, 0.1) is 5.82 Å². The topological polar surface area (TPSA) is 94.2 Å². The first kappa shape index (κ1) is 22.3. The van der Waals surface area contributed by atoms with Gasteiger partial charge in [0.2, 0.25) is 15.9 Å². The molecule has 2 aromatic carbocycles. The average Bonchev–Trinajstić information content (AvgIpc) is 2.69. The molecule has 1 N–H and O–H groups in total. The summed E-state index contributed by atoms with van der Waals surface area (Å²) in [4.78, 5) is 12.3. The first-order valence-electron chi connectivity index (χ1n) is 8.59. The molecule has 2 aromatic rings. The van der Waals surface area contributed by atoms with E-state index >= 15 is 0 Å². The van der Waals surface area contributed by atoms with Gasteiger partial charge in [0.15, 0.2) is 0 Å². The van der Waals surface area contributed by atoms with Crippen molar-refractivity contribution in [1.29, 1.82) is 0 Å². The lowest BCUT2D eigenvalue weighted by Gasteiger charge is -2.24. The third kappa shape index (κ3) is 6.53. The number of anilines is 1. The fourth-order valence-corrected chi connectivity index (χ4v) is 3.31. The van der Waals surface area contributed by atoms with Gasteiger partial charge in [0.05, 0.1) is 32.7 Å². The fraction of sp³-hybridized carbons (Fsp3) is 0.316. The predicted molar refractivity (Wildman–Crippen MR) is 107 cm³/mol. The lowest BCUT2D eigenvalue weighted by atomic mass is 10.2. The minimum Gasteiger partial charge on any atom is -0.497 e. The van der Waals surface area contributed by atoms with Gasteiger partial charge in [-0.1, -0.05) is 0 Å². The van der Waals surface area contributed by atoms with E-state index in [0.29, 0.717) is 11.5 Å². The summed E-state index contributed by atoms with van der Waals surface area (Å²) in [6.45, 7) is -0.145. The molecule has 0 unspecified atom stereocenters. The van der Waals surface area contributed by atoms with Crippen LogP contribution in [0.4, 0.5) is 10.1 Å². The maximum Gasteiger partial charge on any atom is 0.240 e. The molecule has 0 fully saturated rings. The van der Waals surface area contributed by atoms with Gasteiger partial charge in [-0.25, -0.2) is 12.8 Å². The number of nitrogens with one attached hydrogen (secondary N) is 1. The Balaban J connectivity index is 1.99. The van der Waals surface area contributed by atoms with Crippen LogP contribution in [0.25, 0.3) is 0 Å². The van der Waals surface area contributed by atoms with Crippen molar-refractivity contribution in [2.45, 2.75) is 0 Å². The molecule has 1 amide bonds. The molecule has 0 aliphatic rings. The van der Waals surface area contributed by atoms with E-state index in [1.165, 1.54) is 50.6 Å². The molecule has 0 bridgehead atoms. The maximum atomic E-state index is 12.9. The summed E-state index contributed by atoms with van der Waals surface area (Å²) >= 11 is 0. The second-order valence-corrected chi connectivity index (χ2v) is 7.87. The zero-order valence-corrected chi connectivity index (χ0v) is 17.2. The van der Waals surface area contributed by atoms with Crippen LogP contribution in [0.15, 0.2) is 42.5 Å². The lowest BCUT2D eigenvalue weighted by molar-refractivity contribution is -0.119. The van der Waals surface area contributed by atoms with E-state index in [-0.39, 0.29) is 30.4 Å². The van der Waals surface area contributed by atoms with Gasteiger partial charge in [0.1, 0.15) is 36.2 Å². The second kappa shape index (κ2) is 9.97. The smallest absolute Gasteiger partial charge is 0.240 e. The highest BCUT2D eigenvalue weighted by Crippen LogP contribution is 2.33. The van der Waals surface area contributed by atoms with E-state index < -0.39 is 22.5 Å². The molecule has 0 spiro atoms. The number of halogens is 1. The normalized spacial score (nSPS) is 10.9. The van der Waals surface area contributed by atoms with Gasteiger partial charge in [-0.3, -0.25) is 9.10 Å². The van der Waals surface area contributed by atoms with Crippen molar-refractivity contribution >= 4 is 21.6 Å². The van der Waals surface area contributed by atoms with Crippen molar-refractivity contribution in [2.75, 3.05) is 44.5 Å². The summed E-state index contributed by atoms with van der Waals surface area (Å²) in [6, 6.07) is 10.1. The summed E-state index contributed by atoms with van der Waals surface area (Å²) in [7, 11) is -0.887. The largest absolute Gasteiger partial charge is 0.497 e. The van der Waals surface area contributed by atoms with Crippen LogP contribution in [-0.4, -0.2) is 54.5 Å². The van der Waals surface area contributed by atoms with E-state index in [1.54, 1.807) is 6.07 Å². The number of carbonyl (C=O) groups is 1. The number of benzene rings is 2. The summed E-state index contributed by atoms with van der Waals surface area (Å²) < 4.78 is 54.0. The molecule has 0 saturated carbocycles. The molecule has 10 heteroatoms. The Morgan fingerprint density at radius 3 is 2.31 bits per heavy atom. The molecule has 158 valence electrons. The molecule has 8 nitrogen and oxygen atoms in total. The van der Waals surface area contributed by atoms with Crippen molar-refractivity contribution in [2.24, 2.45) is 0 Å². The first-order chi connectivity index (χ1) is 13.7. The molecular weight excluding hydrogens is 403 g/mol. The number of ether oxygens (including phenoxy) is 3. The van der Waals surface area contributed by atoms with Crippen LogP contribution >= 0.6 is 0 Å². The Bertz CT molecular complexity index is 934. The summed E-state index contributed by atoms with van der Waals surface area (Å²) in [5, 5.41) is 2.59. The molecule has 0 heterocycles. The van der Waals surface area contributed by atoms with Crippen LogP contribution < -0.4 is 23.8 Å². The molecule has 0 radical (unpaired) electrons. The van der Waals surface area contributed by atoms with Gasteiger partial charge in [-0.05, 0) is 36.4 Å². The molecule has 29 heavy (non-hydrogen) atoms. The zero-order chi connectivity index (χ0) is 21.4. The zero-order valence-electron chi connectivity index (χ0n) is 16.3. The average molecular weight is 426 g/mol. The first-order valence-corrected chi connectivity index (χ1v) is 10.4. The number of nitrogens with zero attached hydrogens (tertiary/aromatic N) is 1. The van der Waals surface area contributed by atoms with E-state index in [9.17, 15) is 17.6 Å². The third-order valence-corrected chi connectivity index (χ3v) is 4.98. The van der Waals surface area contributed by atoms with Crippen LogP contribution in [0.5, 0.6) is 17.2 Å². The van der Waals surface area contributed by atoms with E-state index in [1.807, 2.05) is 0 Å². The van der Waals surface area contributed by atoms with Crippen LogP contribution in [0.1, 0.15) is 0 Å². The molecular formula is C19H23FN2O6S. The van der Waals surface area contributed by atoms with Gasteiger partial charge in [0.25, 0.3) is 0 Å². The molecule has 2 rings (SSSR count). The Morgan fingerprint density at radius 2 is 1.72 bits per heavy atom. The minimum absolute atomic E-state index is 0.141. The number of hydrogen-bond donors (Lipinski definition) is 1. The monoisotopic (exact) mass is 426 g/mol. The Kier molecular flexibility index (Phi) is 7.66. The highest BCUT2D eigenvalue weighted by atomic mass is 32.2. The van der Waals surface area contributed by atoms with E-state index in [2.05, 4.69) is 5.32 Å². The quantitative estimate of drug-likeness (QED) is 0.583. The number of sulfonamides is 1. The number of carbonyl (C=O) groups excluding carboxylic acids is 1. The summed E-state index contributed by atoms with van der Waals surface area (Å²) in [5.74, 6) is 0.307. The highest BCUT2D eigenvalue weighted by molar-refractivity contribution is 7.92. The van der Waals surface area contributed by atoms with Crippen LogP contribution in [0.2, 0.25) is 0 Å². The number of hydrogen-bond acceptors (Lipinski definition) is 6. The van der Waals surface area contributed by atoms with Crippen molar-refractivity contribution in [3.8, 4) is 17.2 Å². The van der Waals surface area contributed by atoms with E-state index in [0.717, 1.165) is 10.6 Å². The Hall–Kier alpha value is -3.01. The Labute approximate surface area is 169 Å². The number of methoxy groups -OCH3 is 2. The number of rotatable bonds is 10. The number of amides is 1. The van der Waals surface area contributed by atoms with Gasteiger partial charge in [0, 0.05) is 6.07 Å². The minimum atomic E-state index is -3.76. The molecule has 0 aliphatic carbocycles. The lowest BCUT2D eigenvalue weighted by Crippen LogP contribution is -2.41. The van der Waals surface area contributed by atoms with Crippen molar-refractivity contribution in [3.05, 3.63) is 48.3 Å². The van der Waals surface area contributed by atoms with Crippen molar-refractivity contribution in [3.63, 3.8) is 0 Å². The second-order valence-electron chi connectivity index (χ2n) is 5.96. The van der Waals surface area contributed by atoms with Crippen LogP contribution in [0.3, 0.4) is 0 Å². The maximum absolute atomic E-state index is 12.9. The summed E-state index contributed by atoms with van der Waals surface area (Å²) in [5.41, 5.74) is 0.216. The molecule has 0 aliphatic heterocycles. The fourth-order valence-electron chi connectivity index (χ4n) is 2.45. The van der Waals surface area contributed by atoms with Gasteiger partial charge >= 0.3 is 0 Å². The van der Waals surface area contributed by atoms with Crippen LogP contribution in [-0.2, 0) is 14.8 Å². The van der Waals surface area contributed by atoms with Gasteiger partial charge in [-0.2, -0.15) is 0 Å². The predicted octanol–water partition coefficient (Wildman–Crippen LogP) is 1.80. The van der Waals surface area contributed by atoms with Gasteiger partial charge < -0.3 is 19.5 Å². The van der Waals surface area contributed by atoms with Crippen molar-refractivity contribution < 1.29 is 31.8 Å².